The molecular weight excluding hydrogens is 262 g/mol. The van der Waals surface area contributed by atoms with Crippen molar-refractivity contribution in [2.45, 2.75) is 13.1 Å². The number of rotatable bonds is 5. The fraction of sp³-hybridized carbons (Fsp3) is 0.357. The van der Waals surface area contributed by atoms with E-state index in [0.29, 0.717) is 18.7 Å². The molecule has 2 aromatic rings. The van der Waals surface area contributed by atoms with Gasteiger partial charge in [-0.25, -0.2) is 13.8 Å². The van der Waals surface area contributed by atoms with Crippen molar-refractivity contribution in [1.29, 1.82) is 0 Å². The number of anilines is 1. The minimum Gasteiger partial charge on any atom is -0.348 e. The molecule has 0 radical (unpaired) electrons. The van der Waals surface area contributed by atoms with Crippen molar-refractivity contribution in [2.24, 2.45) is 7.05 Å². The van der Waals surface area contributed by atoms with Gasteiger partial charge in [0.15, 0.2) is 11.6 Å². The van der Waals surface area contributed by atoms with Crippen LogP contribution in [0.15, 0.2) is 24.4 Å². The Hall–Kier alpha value is -1.95. The third-order valence-corrected chi connectivity index (χ3v) is 3.08. The number of aromatic nitrogens is 2. The first kappa shape index (κ1) is 14.5. The van der Waals surface area contributed by atoms with E-state index in [0.717, 1.165) is 17.7 Å². The molecule has 0 atom stereocenters. The molecule has 0 fully saturated rings. The summed E-state index contributed by atoms with van der Waals surface area (Å²) < 4.78 is 27.9. The Morgan fingerprint density at radius 1 is 1.20 bits per heavy atom. The van der Waals surface area contributed by atoms with Crippen LogP contribution >= 0.6 is 0 Å². The SMILES string of the molecule is CN(C)c1ncc(CNCc2ccc(F)c(F)c2)n1C. The van der Waals surface area contributed by atoms with Gasteiger partial charge in [0, 0.05) is 34.2 Å². The Labute approximate surface area is 117 Å². The molecule has 0 spiro atoms. The van der Waals surface area contributed by atoms with Crippen LogP contribution in [0.5, 0.6) is 0 Å². The van der Waals surface area contributed by atoms with Crippen LogP contribution in [0.25, 0.3) is 0 Å². The lowest BCUT2D eigenvalue weighted by Crippen LogP contribution is -2.18. The van der Waals surface area contributed by atoms with Crippen LogP contribution in [0.1, 0.15) is 11.3 Å². The molecule has 1 aromatic heterocycles. The van der Waals surface area contributed by atoms with E-state index < -0.39 is 11.6 Å². The molecule has 0 amide bonds. The number of nitrogens with zero attached hydrogens (tertiary/aromatic N) is 3. The fourth-order valence-electron chi connectivity index (χ4n) is 2.00. The third kappa shape index (κ3) is 3.14. The maximum absolute atomic E-state index is 13.1. The van der Waals surface area contributed by atoms with Gasteiger partial charge in [0.05, 0.1) is 11.9 Å². The molecule has 0 aliphatic heterocycles. The highest BCUT2D eigenvalue weighted by molar-refractivity contribution is 5.31. The number of hydrogen-bond donors (Lipinski definition) is 1. The quantitative estimate of drug-likeness (QED) is 0.910. The topological polar surface area (TPSA) is 33.1 Å². The Balaban J connectivity index is 1.94. The summed E-state index contributed by atoms with van der Waals surface area (Å²) in [5.41, 5.74) is 1.73. The summed E-state index contributed by atoms with van der Waals surface area (Å²) in [5.74, 6) is -0.773. The summed E-state index contributed by atoms with van der Waals surface area (Å²) in [6.45, 7) is 1.08. The van der Waals surface area contributed by atoms with Crippen molar-refractivity contribution < 1.29 is 8.78 Å². The molecule has 2 rings (SSSR count). The summed E-state index contributed by atoms with van der Waals surface area (Å²) in [6.07, 6.45) is 1.80. The van der Waals surface area contributed by atoms with Gasteiger partial charge >= 0.3 is 0 Å². The Morgan fingerprint density at radius 3 is 2.55 bits per heavy atom. The zero-order chi connectivity index (χ0) is 14.7. The van der Waals surface area contributed by atoms with Gasteiger partial charge < -0.3 is 14.8 Å². The zero-order valence-electron chi connectivity index (χ0n) is 11.8. The Morgan fingerprint density at radius 2 is 1.95 bits per heavy atom. The monoisotopic (exact) mass is 280 g/mol. The molecule has 0 bridgehead atoms. The number of halogens is 2. The van der Waals surface area contributed by atoms with E-state index in [2.05, 4.69) is 10.3 Å². The highest BCUT2D eigenvalue weighted by atomic mass is 19.2. The van der Waals surface area contributed by atoms with E-state index >= 15 is 0 Å². The second-order valence-corrected chi connectivity index (χ2v) is 4.85. The lowest BCUT2D eigenvalue weighted by atomic mass is 10.2. The third-order valence-electron chi connectivity index (χ3n) is 3.08. The average Bonchev–Trinajstić information content (AvgIpc) is 2.76. The summed E-state index contributed by atoms with van der Waals surface area (Å²) >= 11 is 0. The molecule has 1 aromatic carbocycles. The largest absolute Gasteiger partial charge is 0.348 e. The molecule has 0 aliphatic rings. The van der Waals surface area contributed by atoms with Crippen molar-refractivity contribution in [2.75, 3.05) is 19.0 Å². The van der Waals surface area contributed by atoms with E-state index in [1.54, 1.807) is 12.3 Å². The van der Waals surface area contributed by atoms with Gasteiger partial charge in [-0.3, -0.25) is 0 Å². The van der Waals surface area contributed by atoms with Gasteiger partial charge in [-0.05, 0) is 17.7 Å². The standard InChI is InChI=1S/C14H18F2N4/c1-19(2)14-18-9-11(20(14)3)8-17-7-10-4-5-12(15)13(16)6-10/h4-6,9,17H,7-8H2,1-3H3. The molecule has 0 saturated carbocycles. The fourth-order valence-corrected chi connectivity index (χ4v) is 2.00. The maximum atomic E-state index is 13.1. The molecular formula is C14H18F2N4. The Kier molecular flexibility index (Phi) is 4.34. The minimum atomic E-state index is -0.823. The Bertz CT molecular complexity index is 593. The maximum Gasteiger partial charge on any atom is 0.204 e. The van der Waals surface area contributed by atoms with E-state index in [4.69, 9.17) is 0 Å². The zero-order valence-corrected chi connectivity index (χ0v) is 11.8. The number of imidazole rings is 1. The highest BCUT2D eigenvalue weighted by Gasteiger charge is 2.08. The molecule has 108 valence electrons. The lowest BCUT2D eigenvalue weighted by Gasteiger charge is -2.13. The lowest BCUT2D eigenvalue weighted by molar-refractivity contribution is 0.506. The molecule has 0 aliphatic carbocycles. The highest BCUT2D eigenvalue weighted by Crippen LogP contribution is 2.11. The molecule has 1 heterocycles. The van der Waals surface area contributed by atoms with E-state index in [1.807, 2.05) is 30.6 Å². The number of benzene rings is 1. The first-order valence-electron chi connectivity index (χ1n) is 6.31. The van der Waals surface area contributed by atoms with Crippen LogP contribution in [0.2, 0.25) is 0 Å². The predicted octanol–water partition coefficient (Wildman–Crippen LogP) is 2.05. The molecule has 4 nitrogen and oxygen atoms in total. The summed E-state index contributed by atoms with van der Waals surface area (Å²) in [4.78, 5) is 6.24. The predicted molar refractivity (Wildman–Crippen MR) is 74.4 cm³/mol. The molecule has 0 saturated heterocycles. The van der Waals surface area contributed by atoms with Crippen LogP contribution in [0.4, 0.5) is 14.7 Å². The van der Waals surface area contributed by atoms with Gasteiger partial charge in [0.2, 0.25) is 5.95 Å². The second-order valence-electron chi connectivity index (χ2n) is 4.85. The van der Waals surface area contributed by atoms with E-state index in [-0.39, 0.29) is 0 Å². The molecule has 1 N–H and O–H groups in total. The summed E-state index contributed by atoms with van der Waals surface area (Å²) in [6, 6.07) is 3.91. The normalized spacial score (nSPS) is 10.8. The molecule has 6 heteroatoms. The van der Waals surface area contributed by atoms with Gasteiger partial charge in [-0.1, -0.05) is 6.07 Å². The van der Waals surface area contributed by atoms with Gasteiger partial charge in [-0.2, -0.15) is 0 Å². The van der Waals surface area contributed by atoms with Crippen molar-refractivity contribution >= 4 is 5.95 Å². The van der Waals surface area contributed by atoms with Gasteiger partial charge in [0.25, 0.3) is 0 Å². The summed E-state index contributed by atoms with van der Waals surface area (Å²) in [7, 11) is 5.80. The second kappa shape index (κ2) is 6.00. The van der Waals surface area contributed by atoms with Crippen LogP contribution in [0.3, 0.4) is 0 Å². The average molecular weight is 280 g/mol. The van der Waals surface area contributed by atoms with Crippen LogP contribution in [0, 0.1) is 11.6 Å². The van der Waals surface area contributed by atoms with Gasteiger partial charge in [0.1, 0.15) is 0 Å². The first-order valence-corrected chi connectivity index (χ1v) is 6.31. The number of nitrogens with one attached hydrogen (secondary N) is 1. The van der Waals surface area contributed by atoms with E-state index in [9.17, 15) is 8.78 Å². The smallest absolute Gasteiger partial charge is 0.204 e. The molecule has 20 heavy (non-hydrogen) atoms. The van der Waals surface area contributed by atoms with Crippen molar-refractivity contribution in [3.8, 4) is 0 Å². The van der Waals surface area contributed by atoms with Crippen molar-refractivity contribution in [3.63, 3.8) is 0 Å². The van der Waals surface area contributed by atoms with Crippen molar-refractivity contribution in [3.05, 3.63) is 47.3 Å². The first-order chi connectivity index (χ1) is 9.49. The number of hydrogen-bond acceptors (Lipinski definition) is 3. The van der Waals surface area contributed by atoms with E-state index in [1.165, 1.54) is 6.07 Å². The van der Waals surface area contributed by atoms with Crippen LogP contribution in [-0.2, 0) is 20.1 Å². The van der Waals surface area contributed by atoms with Crippen LogP contribution in [-0.4, -0.2) is 23.6 Å². The molecule has 0 unspecified atom stereocenters. The van der Waals surface area contributed by atoms with Crippen LogP contribution < -0.4 is 10.2 Å². The van der Waals surface area contributed by atoms with Crippen molar-refractivity contribution in [1.82, 2.24) is 14.9 Å². The summed E-state index contributed by atoms with van der Waals surface area (Å²) in [5, 5.41) is 3.19. The van der Waals surface area contributed by atoms with Gasteiger partial charge in [-0.15, -0.1) is 0 Å². The minimum absolute atomic E-state index is 0.472.